The van der Waals surface area contributed by atoms with Crippen LogP contribution < -0.4 is 4.90 Å². The molecule has 1 aromatic carbocycles. The summed E-state index contributed by atoms with van der Waals surface area (Å²) in [5, 5.41) is 5.07. The number of anilines is 1. The first-order chi connectivity index (χ1) is 15.0. The second-order valence-electron chi connectivity index (χ2n) is 8.02. The van der Waals surface area contributed by atoms with Crippen molar-refractivity contribution in [1.29, 1.82) is 0 Å². The van der Waals surface area contributed by atoms with Crippen molar-refractivity contribution in [3.05, 3.63) is 59.1 Å². The van der Waals surface area contributed by atoms with Gasteiger partial charge in [0, 0.05) is 62.6 Å². The van der Waals surface area contributed by atoms with E-state index in [1.54, 1.807) is 10.7 Å². The van der Waals surface area contributed by atoms with Crippen LogP contribution in [0.4, 0.5) is 5.95 Å². The van der Waals surface area contributed by atoms with E-state index in [2.05, 4.69) is 10.1 Å². The Labute approximate surface area is 187 Å². The van der Waals surface area contributed by atoms with Gasteiger partial charge in [0.2, 0.25) is 5.95 Å². The fourth-order valence-corrected chi connectivity index (χ4v) is 4.18. The quantitative estimate of drug-likeness (QED) is 0.600. The van der Waals surface area contributed by atoms with E-state index in [1.165, 1.54) is 0 Å². The summed E-state index contributed by atoms with van der Waals surface area (Å²) < 4.78 is 1.78. The molecule has 162 valence electrons. The first kappa shape index (κ1) is 21.3. The molecule has 1 atom stereocenters. The van der Waals surface area contributed by atoms with E-state index in [0.717, 1.165) is 42.8 Å². The number of carbonyl (C=O) groups is 1. The van der Waals surface area contributed by atoms with Crippen molar-refractivity contribution in [3.8, 4) is 11.1 Å². The lowest BCUT2D eigenvalue weighted by Gasteiger charge is -2.33. The van der Waals surface area contributed by atoms with Crippen LogP contribution in [0.2, 0.25) is 5.02 Å². The molecule has 1 saturated heterocycles. The van der Waals surface area contributed by atoms with Gasteiger partial charge in [-0.1, -0.05) is 23.7 Å². The summed E-state index contributed by atoms with van der Waals surface area (Å²) in [6.07, 6.45) is 5.60. The van der Waals surface area contributed by atoms with Crippen molar-refractivity contribution in [3.63, 3.8) is 0 Å². The van der Waals surface area contributed by atoms with Crippen LogP contribution in [0.1, 0.15) is 41.9 Å². The van der Waals surface area contributed by atoms with Gasteiger partial charge in [0.05, 0.1) is 5.69 Å². The number of carbonyl (C=O) groups excluding carboxylic acids is 1. The molecule has 1 fully saturated rings. The van der Waals surface area contributed by atoms with E-state index in [0.29, 0.717) is 23.2 Å². The van der Waals surface area contributed by atoms with Crippen LogP contribution in [-0.2, 0) is 6.54 Å². The number of amides is 1. The van der Waals surface area contributed by atoms with Gasteiger partial charge >= 0.3 is 0 Å². The zero-order valence-corrected chi connectivity index (χ0v) is 18.9. The molecule has 1 unspecified atom stereocenters. The molecule has 0 N–H and O–H groups in total. The van der Waals surface area contributed by atoms with Crippen LogP contribution in [-0.4, -0.2) is 57.7 Å². The summed E-state index contributed by atoms with van der Waals surface area (Å²) in [5.41, 5.74) is 3.40. The van der Waals surface area contributed by atoms with E-state index < -0.39 is 0 Å². The number of rotatable bonds is 5. The molecule has 2 aromatic heterocycles. The molecule has 0 bridgehead atoms. The van der Waals surface area contributed by atoms with Crippen molar-refractivity contribution in [2.24, 2.45) is 0 Å². The Morgan fingerprint density at radius 2 is 2.13 bits per heavy atom. The van der Waals surface area contributed by atoms with Crippen molar-refractivity contribution in [2.45, 2.75) is 32.2 Å². The van der Waals surface area contributed by atoms with Crippen molar-refractivity contribution < 1.29 is 4.79 Å². The van der Waals surface area contributed by atoms with Crippen LogP contribution in [0.5, 0.6) is 0 Å². The van der Waals surface area contributed by atoms with Gasteiger partial charge in [0.15, 0.2) is 0 Å². The Hall–Kier alpha value is -2.93. The van der Waals surface area contributed by atoms with Gasteiger partial charge in [-0.3, -0.25) is 9.48 Å². The molecular weight excluding hydrogens is 412 g/mol. The molecule has 7 nitrogen and oxygen atoms in total. The number of nitrogens with zero attached hydrogens (tertiary/aromatic N) is 6. The van der Waals surface area contributed by atoms with Crippen LogP contribution in [0.25, 0.3) is 11.1 Å². The minimum absolute atomic E-state index is 0.0249. The maximum atomic E-state index is 13.1. The average molecular weight is 439 g/mol. The molecular formula is C23H27ClN6O. The summed E-state index contributed by atoms with van der Waals surface area (Å²) in [4.78, 5) is 26.3. The summed E-state index contributed by atoms with van der Waals surface area (Å²) in [6.45, 7) is 4.09. The summed E-state index contributed by atoms with van der Waals surface area (Å²) in [7, 11) is 3.86. The lowest BCUT2D eigenvalue weighted by Crippen LogP contribution is -2.39. The molecule has 1 aliphatic rings. The third-order valence-corrected chi connectivity index (χ3v) is 5.86. The van der Waals surface area contributed by atoms with E-state index >= 15 is 0 Å². The van der Waals surface area contributed by atoms with Crippen LogP contribution in [0.15, 0.2) is 42.7 Å². The van der Waals surface area contributed by atoms with Gasteiger partial charge in [-0.25, -0.2) is 9.97 Å². The first-order valence-electron chi connectivity index (χ1n) is 10.6. The number of likely N-dealkylation sites (tertiary alicyclic amines) is 1. The number of halogens is 1. The highest BCUT2D eigenvalue weighted by Crippen LogP contribution is 2.35. The predicted octanol–water partition coefficient (Wildman–Crippen LogP) is 4.10. The Morgan fingerprint density at radius 1 is 1.29 bits per heavy atom. The molecule has 4 rings (SSSR count). The van der Waals surface area contributed by atoms with Crippen molar-refractivity contribution >= 4 is 23.5 Å². The van der Waals surface area contributed by atoms with Crippen LogP contribution in [0, 0.1) is 0 Å². The standard InChI is InChI=1S/C23H27ClN6O/c1-4-30-12-10-20(27-30)22(31)29-11-6-8-17(15-29)21-19(14-25-23(26-21)28(2)3)16-7-5-9-18(24)13-16/h5,7,9-10,12-14,17H,4,6,8,11,15H2,1-3H3. The number of hydrogen-bond donors (Lipinski definition) is 0. The minimum atomic E-state index is -0.0249. The smallest absolute Gasteiger partial charge is 0.274 e. The van der Waals surface area contributed by atoms with E-state index in [-0.39, 0.29) is 11.8 Å². The maximum Gasteiger partial charge on any atom is 0.274 e. The van der Waals surface area contributed by atoms with Crippen molar-refractivity contribution in [1.82, 2.24) is 24.6 Å². The van der Waals surface area contributed by atoms with E-state index in [4.69, 9.17) is 16.6 Å². The highest BCUT2D eigenvalue weighted by Gasteiger charge is 2.29. The number of hydrogen-bond acceptors (Lipinski definition) is 5. The van der Waals surface area contributed by atoms with E-state index in [9.17, 15) is 4.79 Å². The Morgan fingerprint density at radius 3 is 2.84 bits per heavy atom. The molecule has 0 radical (unpaired) electrons. The zero-order valence-electron chi connectivity index (χ0n) is 18.1. The van der Waals surface area contributed by atoms with Gasteiger partial charge in [-0.15, -0.1) is 0 Å². The minimum Gasteiger partial charge on any atom is -0.347 e. The fraction of sp³-hybridized carbons (Fsp3) is 0.391. The maximum absolute atomic E-state index is 13.1. The molecule has 0 saturated carbocycles. The second kappa shape index (κ2) is 9.06. The average Bonchev–Trinajstić information content (AvgIpc) is 3.27. The molecule has 8 heteroatoms. The van der Waals surface area contributed by atoms with Gasteiger partial charge < -0.3 is 9.80 Å². The molecule has 1 amide bonds. The van der Waals surface area contributed by atoms with Gasteiger partial charge in [0.25, 0.3) is 5.91 Å². The SMILES string of the molecule is CCn1ccc(C(=O)N2CCCC(c3nc(N(C)C)ncc3-c3cccc(Cl)c3)C2)n1. The third kappa shape index (κ3) is 4.56. The monoisotopic (exact) mass is 438 g/mol. The number of benzene rings is 1. The predicted molar refractivity (Wildman–Crippen MR) is 123 cm³/mol. The second-order valence-corrected chi connectivity index (χ2v) is 8.46. The molecule has 3 aromatic rings. The zero-order chi connectivity index (χ0) is 22.0. The summed E-state index contributed by atoms with van der Waals surface area (Å²) >= 11 is 6.25. The third-order valence-electron chi connectivity index (χ3n) is 5.62. The Kier molecular flexibility index (Phi) is 6.23. The molecule has 3 heterocycles. The first-order valence-corrected chi connectivity index (χ1v) is 11.0. The molecule has 0 spiro atoms. The molecule has 0 aliphatic carbocycles. The van der Waals surface area contributed by atoms with Crippen LogP contribution >= 0.6 is 11.6 Å². The topological polar surface area (TPSA) is 67.2 Å². The highest BCUT2D eigenvalue weighted by atomic mass is 35.5. The van der Waals surface area contributed by atoms with Gasteiger partial charge in [0.1, 0.15) is 5.69 Å². The van der Waals surface area contributed by atoms with Crippen LogP contribution in [0.3, 0.4) is 0 Å². The number of aromatic nitrogens is 4. The summed E-state index contributed by atoms with van der Waals surface area (Å²) in [6, 6.07) is 9.54. The largest absolute Gasteiger partial charge is 0.347 e. The number of piperidine rings is 1. The van der Waals surface area contributed by atoms with E-state index in [1.807, 2.05) is 67.5 Å². The highest BCUT2D eigenvalue weighted by molar-refractivity contribution is 6.30. The van der Waals surface area contributed by atoms with Gasteiger partial charge in [-0.05, 0) is 43.5 Å². The molecule has 1 aliphatic heterocycles. The number of aryl methyl sites for hydroxylation is 1. The normalized spacial score (nSPS) is 16.4. The van der Waals surface area contributed by atoms with Crippen molar-refractivity contribution in [2.75, 3.05) is 32.1 Å². The lowest BCUT2D eigenvalue weighted by atomic mass is 9.89. The molecule has 31 heavy (non-hydrogen) atoms. The summed E-state index contributed by atoms with van der Waals surface area (Å²) in [5.74, 6) is 0.746. The Balaban J connectivity index is 1.67. The fourth-order valence-electron chi connectivity index (χ4n) is 3.99. The Bertz CT molecular complexity index is 1080. The van der Waals surface area contributed by atoms with Gasteiger partial charge in [-0.2, -0.15) is 5.10 Å². The lowest BCUT2D eigenvalue weighted by molar-refractivity contribution is 0.0699.